The molecule has 0 unspecified atom stereocenters. The average Bonchev–Trinajstić information content (AvgIpc) is 2.83. The average molecular weight is 286 g/mol. The minimum atomic E-state index is -0.786. The van der Waals surface area contributed by atoms with Crippen LogP contribution >= 0.6 is 0 Å². The Morgan fingerprint density at radius 3 is 2.80 bits per heavy atom. The SMILES string of the molecule is CC1(C)O[C@@H]2[C@H](O1)[C@@H](CO)O[C@H]2N1NC=C(N)NC1=O. The Kier molecular flexibility index (Phi) is 3.01. The summed E-state index contributed by atoms with van der Waals surface area (Å²) in [6, 6.07) is -0.458. The number of carbonyl (C=O) groups excluding carboxylic acids is 1. The summed E-state index contributed by atoms with van der Waals surface area (Å²) < 4.78 is 17.1. The summed E-state index contributed by atoms with van der Waals surface area (Å²) in [7, 11) is 0. The summed E-state index contributed by atoms with van der Waals surface area (Å²) in [5, 5.41) is 13.1. The molecule has 4 atom stereocenters. The molecule has 3 aliphatic heterocycles. The quantitative estimate of drug-likeness (QED) is 0.488. The zero-order chi connectivity index (χ0) is 14.5. The van der Waals surface area contributed by atoms with Gasteiger partial charge < -0.3 is 25.1 Å². The molecular weight excluding hydrogens is 268 g/mol. The summed E-state index contributed by atoms with van der Waals surface area (Å²) in [6.45, 7) is 3.33. The second kappa shape index (κ2) is 4.48. The van der Waals surface area contributed by atoms with Crippen LogP contribution in [0.4, 0.5) is 4.79 Å². The van der Waals surface area contributed by atoms with Crippen molar-refractivity contribution in [2.24, 2.45) is 5.73 Å². The molecule has 9 nitrogen and oxygen atoms in total. The lowest BCUT2D eigenvalue weighted by Gasteiger charge is -2.34. The summed E-state index contributed by atoms with van der Waals surface area (Å²) in [6.07, 6.45) is -0.758. The Hall–Kier alpha value is -1.55. The van der Waals surface area contributed by atoms with E-state index in [9.17, 15) is 9.90 Å². The van der Waals surface area contributed by atoms with E-state index in [4.69, 9.17) is 19.9 Å². The van der Waals surface area contributed by atoms with E-state index in [1.165, 1.54) is 11.2 Å². The third-order valence-electron chi connectivity index (χ3n) is 3.39. The van der Waals surface area contributed by atoms with Crippen molar-refractivity contribution >= 4 is 6.03 Å². The number of nitrogens with two attached hydrogens (primary N) is 1. The first kappa shape index (κ1) is 13.4. The summed E-state index contributed by atoms with van der Waals surface area (Å²) in [5.74, 6) is -0.574. The Morgan fingerprint density at radius 2 is 2.15 bits per heavy atom. The third kappa shape index (κ3) is 2.08. The highest BCUT2D eigenvalue weighted by atomic mass is 16.8. The van der Waals surface area contributed by atoms with Gasteiger partial charge in [0, 0.05) is 0 Å². The second-order valence-electron chi connectivity index (χ2n) is 5.34. The molecule has 2 saturated heterocycles. The zero-order valence-electron chi connectivity index (χ0n) is 11.2. The third-order valence-corrected chi connectivity index (χ3v) is 3.39. The van der Waals surface area contributed by atoms with Crippen LogP contribution in [0.1, 0.15) is 13.8 Å². The van der Waals surface area contributed by atoms with Crippen molar-refractivity contribution in [1.82, 2.24) is 15.8 Å². The number of hydrogen-bond donors (Lipinski definition) is 4. The highest BCUT2D eigenvalue weighted by Crippen LogP contribution is 2.39. The summed E-state index contributed by atoms with van der Waals surface area (Å²) in [5.41, 5.74) is 8.23. The number of fused-ring (bicyclic) bond motifs is 1. The fraction of sp³-hybridized carbons (Fsp3) is 0.727. The molecular formula is C11H18N4O5. The number of aliphatic hydroxyl groups is 1. The highest BCUT2D eigenvalue weighted by Gasteiger charge is 2.57. The van der Waals surface area contributed by atoms with Gasteiger partial charge in [-0.05, 0) is 13.8 Å². The number of urea groups is 1. The maximum Gasteiger partial charge on any atom is 0.344 e. The lowest BCUT2D eigenvalue weighted by Crippen LogP contribution is -2.59. The van der Waals surface area contributed by atoms with Crippen molar-refractivity contribution in [3.8, 4) is 0 Å². The van der Waals surface area contributed by atoms with Crippen molar-refractivity contribution in [1.29, 1.82) is 0 Å². The van der Waals surface area contributed by atoms with Crippen LogP contribution in [0.2, 0.25) is 0 Å². The minimum absolute atomic E-state index is 0.212. The van der Waals surface area contributed by atoms with Gasteiger partial charge >= 0.3 is 6.03 Å². The van der Waals surface area contributed by atoms with Crippen molar-refractivity contribution in [3.05, 3.63) is 12.0 Å². The number of aliphatic hydroxyl groups excluding tert-OH is 1. The predicted octanol–water partition coefficient (Wildman–Crippen LogP) is -1.49. The predicted molar refractivity (Wildman–Crippen MR) is 65.3 cm³/mol. The topological polar surface area (TPSA) is 118 Å². The number of hydrogen-bond acceptors (Lipinski definition) is 7. The zero-order valence-corrected chi connectivity index (χ0v) is 11.2. The number of rotatable bonds is 2. The van der Waals surface area contributed by atoms with Crippen molar-refractivity contribution < 1.29 is 24.1 Å². The lowest BCUT2D eigenvalue weighted by atomic mass is 10.1. The van der Waals surface area contributed by atoms with E-state index in [1.807, 2.05) is 0 Å². The Balaban J connectivity index is 1.82. The van der Waals surface area contributed by atoms with Crippen LogP contribution in [0.3, 0.4) is 0 Å². The van der Waals surface area contributed by atoms with Crippen LogP contribution in [-0.4, -0.2) is 53.1 Å². The fourth-order valence-electron chi connectivity index (χ4n) is 2.62. The van der Waals surface area contributed by atoms with Gasteiger partial charge in [0.05, 0.1) is 12.8 Å². The molecule has 0 aromatic rings. The van der Waals surface area contributed by atoms with Gasteiger partial charge in [0.2, 0.25) is 0 Å². The molecule has 5 N–H and O–H groups in total. The number of amides is 2. The van der Waals surface area contributed by atoms with Crippen LogP contribution in [0, 0.1) is 0 Å². The van der Waals surface area contributed by atoms with Crippen LogP contribution in [0.5, 0.6) is 0 Å². The monoisotopic (exact) mass is 286 g/mol. The van der Waals surface area contributed by atoms with Gasteiger partial charge in [-0.2, -0.15) is 0 Å². The smallest absolute Gasteiger partial charge is 0.344 e. The fourth-order valence-corrected chi connectivity index (χ4v) is 2.62. The molecule has 3 aliphatic rings. The Labute approximate surface area is 115 Å². The van der Waals surface area contributed by atoms with Gasteiger partial charge in [-0.3, -0.25) is 10.7 Å². The van der Waals surface area contributed by atoms with Crippen LogP contribution in [0.25, 0.3) is 0 Å². The van der Waals surface area contributed by atoms with E-state index in [1.54, 1.807) is 13.8 Å². The first-order valence-electron chi connectivity index (χ1n) is 6.35. The van der Waals surface area contributed by atoms with Gasteiger partial charge in [-0.15, -0.1) is 0 Å². The van der Waals surface area contributed by atoms with Gasteiger partial charge in [0.1, 0.15) is 24.1 Å². The number of hydrazine groups is 1. The van der Waals surface area contributed by atoms with E-state index in [-0.39, 0.29) is 12.4 Å². The highest BCUT2D eigenvalue weighted by molar-refractivity contribution is 5.76. The van der Waals surface area contributed by atoms with Crippen LogP contribution < -0.4 is 16.5 Å². The maximum atomic E-state index is 11.9. The molecule has 0 radical (unpaired) electrons. The standard InChI is InChI=1S/C11H18N4O5/c1-11(2)19-7-5(4-16)18-9(8(7)20-11)15-10(17)14-6(12)3-13-15/h3,5,7-9,13,16H,4,12H2,1-2H3,(H,14,17)/t5-,7-,8-,9-/m1/s1. The van der Waals surface area contributed by atoms with Gasteiger partial charge in [-0.25, -0.2) is 9.80 Å². The molecule has 0 aromatic carbocycles. The molecule has 9 heteroatoms. The molecule has 3 rings (SSSR count). The normalized spacial score (nSPS) is 39.0. The van der Waals surface area contributed by atoms with E-state index >= 15 is 0 Å². The van der Waals surface area contributed by atoms with E-state index in [0.717, 1.165) is 0 Å². The molecule has 0 saturated carbocycles. The molecule has 0 aliphatic carbocycles. The number of ether oxygens (including phenoxy) is 3. The van der Waals surface area contributed by atoms with Crippen molar-refractivity contribution in [2.75, 3.05) is 6.61 Å². The Morgan fingerprint density at radius 1 is 1.45 bits per heavy atom. The maximum absolute atomic E-state index is 11.9. The molecule has 0 aromatic heterocycles. The largest absolute Gasteiger partial charge is 0.394 e. The van der Waals surface area contributed by atoms with Gasteiger partial charge in [0.25, 0.3) is 0 Å². The lowest BCUT2D eigenvalue weighted by molar-refractivity contribution is -0.207. The van der Waals surface area contributed by atoms with Gasteiger partial charge in [-0.1, -0.05) is 0 Å². The van der Waals surface area contributed by atoms with Crippen LogP contribution in [0.15, 0.2) is 12.0 Å². The summed E-state index contributed by atoms with van der Waals surface area (Å²) in [4.78, 5) is 11.9. The molecule has 112 valence electrons. The second-order valence-corrected chi connectivity index (χ2v) is 5.34. The number of nitrogens with zero attached hydrogens (tertiary/aromatic N) is 1. The number of carbonyl (C=O) groups is 1. The minimum Gasteiger partial charge on any atom is -0.394 e. The first-order chi connectivity index (χ1) is 9.41. The molecule has 0 bridgehead atoms. The molecule has 20 heavy (non-hydrogen) atoms. The van der Waals surface area contributed by atoms with Gasteiger partial charge in [0.15, 0.2) is 12.0 Å². The van der Waals surface area contributed by atoms with Crippen molar-refractivity contribution in [2.45, 2.75) is 44.2 Å². The first-order valence-corrected chi connectivity index (χ1v) is 6.35. The number of nitrogens with one attached hydrogen (secondary N) is 2. The molecule has 2 fully saturated rings. The van der Waals surface area contributed by atoms with Crippen LogP contribution in [-0.2, 0) is 14.2 Å². The van der Waals surface area contributed by atoms with E-state index < -0.39 is 36.4 Å². The summed E-state index contributed by atoms with van der Waals surface area (Å²) >= 11 is 0. The Bertz CT molecular complexity index is 454. The van der Waals surface area contributed by atoms with E-state index in [0.29, 0.717) is 0 Å². The van der Waals surface area contributed by atoms with E-state index in [2.05, 4.69) is 10.7 Å². The van der Waals surface area contributed by atoms with Crippen molar-refractivity contribution in [3.63, 3.8) is 0 Å². The molecule has 3 heterocycles. The molecule has 2 amide bonds. The molecule has 0 spiro atoms.